The Morgan fingerprint density at radius 1 is 1.14 bits per heavy atom. The molecule has 1 aromatic carbocycles. The van der Waals surface area contributed by atoms with Gasteiger partial charge in [-0.15, -0.1) is 24.0 Å². The van der Waals surface area contributed by atoms with Crippen molar-refractivity contribution in [2.45, 2.75) is 32.9 Å². The van der Waals surface area contributed by atoms with E-state index in [4.69, 9.17) is 0 Å². The molecule has 0 atom stereocenters. The smallest absolute Gasteiger partial charge is 0.241 e. The van der Waals surface area contributed by atoms with Gasteiger partial charge in [-0.1, -0.05) is 24.3 Å². The number of imidazole rings is 1. The molecule has 1 fully saturated rings. The first kappa shape index (κ1) is 22.2. The van der Waals surface area contributed by atoms with Gasteiger partial charge in [0.25, 0.3) is 0 Å². The third-order valence-electron chi connectivity index (χ3n) is 4.58. The van der Waals surface area contributed by atoms with Crippen molar-refractivity contribution in [3.63, 3.8) is 0 Å². The van der Waals surface area contributed by atoms with Crippen molar-refractivity contribution in [2.24, 2.45) is 4.99 Å². The highest BCUT2D eigenvalue weighted by molar-refractivity contribution is 14.0. The van der Waals surface area contributed by atoms with Crippen LogP contribution < -0.4 is 10.6 Å². The number of aliphatic imine (C=N–C) groups is 1. The highest BCUT2D eigenvalue weighted by Crippen LogP contribution is 2.08. The van der Waals surface area contributed by atoms with Gasteiger partial charge in [0.2, 0.25) is 5.91 Å². The first-order chi connectivity index (χ1) is 13.2. The maximum Gasteiger partial charge on any atom is 0.241 e. The van der Waals surface area contributed by atoms with E-state index >= 15 is 0 Å². The van der Waals surface area contributed by atoms with Gasteiger partial charge >= 0.3 is 0 Å². The Bertz CT molecular complexity index is 739. The number of carbonyl (C=O) groups excluding carboxylic acids is 1. The van der Waals surface area contributed by atoms with Gasteiger partial charge in [-0.3, -0.25) is 4.79 Å². The molecular formula is C20H29IN6O. The summed E-state index contributed by atoms with van der Waals surface area (Å²) in [5.74, 6) is 0.814. The van der Waals surface area contributed by atoms with E-state index in [1.807, 2.05) is 28.9 Å². The van der Waals surface area contributed by atoms with Crippen LogP contribution in [-0.4, -0.2) is 52.5 Å². The summed E-state index contributed by atoms with van der Waals surface area (Å²) in [7, 11) is 0. The summed E-state index contributed by atoms with van der Waals surface area (Å²) in [4.78, 5) is 22.7. The lowest BCUT2D eigenvalue weighted by atomic mass is 10.1. The number of aromatic nitrogens is 2. The molecule has 1 aliphatic rings. The molecule has 0 aliphatic carbocycles. The van der Waals surface area contributed by atoms with Crippen molar-refractivity contribution in [2.75, 3.05) is 26.2 Å². The molecule has 0 bridgehead atoms. The second kappa shape index (κ2) is 11.7. The van der Waals surface area contributed by atoms with E-state index in [0.29, 0.717) is 12.5 Å². The van der Waals surface area contributed by atoms with Gasteiger partial charge < -0.3 is 20.1 Å². The Morgan fingerprint density at radius 2 is 1.86 bits per heavy atom. The Kier molecular flexibility index (Phi) is 9.26. The first-order valence-corrected chi connectivity index (χ1v) is 9.58. The van der Waals surface area contributed by atoms with Crippen LogP contribution in [0.1, 0.15) is 30.9 Å². The van der Waals surface area contributed by atoms with E-state index < -0.39 is 0 Å². The van der Waals surface area contributed by atoms with Gasteiger partial charge in [0.1, 0.15) is 0 Å². The molecule has 1 amide bonds. The number of guanidine groups is 1. The van der Waals surface area contributed by atoms with Crippen LogP contribution in [0.2, 0.25) is 0 Å². The number of likely N-dealkylation sites (tertiary alicyclic amines) is 1. The van der Waals surface area contributed by atoms with Crippen LogP contribution in [0.15, 0.2) is 48.0 Å². The molecule has 0 radical (unpaired) electrons. The number of halogens is 1. The molecule has 3 rings (SSSR count). The molecule has 0 spiro atoms. The predicted molar refractivity (Wildman–Crippen MR) is 122 cm³/mol. The molecular weight excluding hydrogens is 467 g/mol. The van der Waals surface area contributed by atoms with Crippen molar-refractivity contribution < 1.29 is 4.79 Å². The molecule has 0 unspecified atom stereocenters. The van der Waals surface area contributed by atoms with Crippen molar-refractivity contribution in [3.05, 3.63) is 54.1 Å². The van der Waals surface area contributed by atoms with Gasteiger partial charge in [-0.2, -0.15) is 0 Å². The molecule has 28 heavy (non-hydrogen) atoms. The van der Waals surface area contributed by atoms with E-state index in [-0.39, 0.29) is 36.4 Å². The summed E-state index contributed by atoms with van der Waals surface area (Å²) in [6, 6.07) is 8.41. The van der Waals surface area contributed by atoms with Crippen molar-refractivity contribution in [3.8, 4) is 0 Å². The fourth-order valence-corrected chi connectivity index (χ4v) is 3.09. The number of amides is 1. The lowest BCUT2D eigenvalue weighted by Gasteiger charge is -2.17. The van der Waals surface area contributed by atoms with Crippen molar-refractivity contribution in [1.29, 1.82) is 0 Å². The SMILES string of the molecule is CCNC(=NCc1ccc(Cn2ccnc2)cc1)NCC(=O)N1CCCC1.I. The average Bonchev–Trinajstić information content (AvgIpc) is 3.39. The normalized spacial score (nSPS) is 13.9. The van der Waals surface area contributed by atoms with Gasteiger partial charge in [0.15, 0.2) is 5.96 Å². The summed E-state index contributed by atoms with van der Waals surface area (Å²) >= 11 is 0. The van der Waals surface area contributed by atoms with Crippen LogP contribution in [0.3, 0.4) is 0 Å². The second-order valence-electron chi connectivity index (χ2n) is 6.69. The predicted octanol–water partition coefficient (Wildman–Crippen LogP) is 2.23. The molecule has 1 aromatic heterocycles. The molecule has 2 aromatic rings. The monoisotopic (exact) mass is 496 g/mol. The number of hydrogen-bond donors (Lipinski definition) is 2. The molecule has 152 valence electrons. The second-order valence-corrected chi connectivity index (χ2v) is 6.69. The van der Waals surface area contributed by atoms with Crippen molar-refractivity contribution >= 4 is 35.8 Å². The van der Waals surface area contributed by atoms with Crippen LogP contribution in [0, 0.1) is 0 Å². The van der Waals surface area contributed by atoms with E-state index in [1.54, 1.807) is 6.20 Å². The maximum absolute atomic E-state index is 12.2. The molecule has 2 heterocycles. The zero-order valence-corrected chi connectivity index (χ0v) is 18.6. The minimum Gasteiger partial charge on any atom is -0.357 e. The average molecular weight is 496 g/mol. The summed E-state index contributed by atoms with van der Waals surface area (Å²) < 4.78 is 2.04. The van der Waals surface area contributed by atoms with Crippen LogP contribution in [0.25, 0.3) is 0 Å². The molecule has 0 saturated carbocycles. The maximum atomic E-state index is 12.2. The molecule has 7 nitrogen and oxygen atoms in total. The topological polar surface area (TPSA) is 74.5 Å². The quantitative estimate of drug-likeness (QED) is 0.351. The largest absolute Gasteiger partial charge is 0.357 e. The van der Waals surface area contributed by atoms with Gasteiger partial charge in [0, 0.05) is 38.6 Å². The molecule has 1 saturated heterocycles. The molecule has 1 aliphatic heterocycles. The third-order valence-corrected chi connectivity index (χ3v) is 4.58. The Balaban J connectivity index is 0.00000280. The van der Waals surface area contributed by atoms with Crippen LogP contribution in [-0.2, 0) is 17.9 Å². The molecule has 2 N–H and O–H groups in total. The number of nitrogens with one attached hydrogen (secondary N) is 2. The first-order valence-electron chi connectivity index (χ1n) is 9.58. The summed E-state index contributed by atoms with van der Waals surface area (Å²) in [6.07, 6.45) is 7.77. The number of hydrogen-bond acceptors (Lipinski definition) is 3. The summed E-state index contributed by atoms with van der Waals surface area (Å²) in [6.45, 7) is 6.19. The van der Waals surface area contributed by atoms with E-state index in [1.165, 1.54) is 5.56 Å². The van der Waals surface area contributed by atoms with Crippen LogP contribution in [0.5, 0.6) is 0 Å². The zero-order chi connectivity index (χ0) is 18.9. The summed E-state index contributed by atoms with van der Waals surface area (Å²) in [5, 5.41) is 6.34. The fourth-order valence-electron chi connectivity index (χ4n) is 3.09. The lowest BCUT2D eigenvalue weighted by molar-refractivity contribution is -0.128. The number of carbonyl (C=O) groups is 1. The number of rotatable bonds is 7. The van der Waals surface area contributed by atoms with E-state index in [2.05, 4.69) is 44.9 Å². The standard InChI is InChI=1S/C20H28N6O.HI/c1-2-22-20(24-14-19(27)26-10-3-4-11-26)23-13-17-5-7-18(8-6-17)15-25-12-9-21-16-25;/h5-9,12,16H,2-4,10-11,13-15H2,1H3,(H2,22,23,24);1H. The lowest BCUT2D eigenvalue weighted by Crippen LogP contribution is -2.44. The van der Waals surface area contributed by atoms with Gasteiger partial charge in [-0.25, -0.2) is 9.98 Å². The fraction of sp³-hybridized carbons (Fsp3) is 0.450. The van der Waals surface area contributed by atoms with Crippen LogP contribution >= 0.6 is 24.0 Å². The minimum atomic E-state index is 0. The third kappa shape index (κ3) is 6.81. The minimum absolute atomic E-state index is 0. The number of benzene rings is 1. The van der Waals surface area contributed by atoms with Crippen LogP contribution in [0.4, 0.5) is 0 Å². The van der Waals surface area contributed by atoms with Crippen molar-refractivity contribution in [1.82, 2.24) is 25.1 Å². The Morgan fingerprint density at radius 3 is 2.50 bits per heavy atom. The molecule has 8 heteroatoms. The Hall–Kier alpha value is -2.10. The van der Waals surface area contributed by atoms with Gasteiger partial charge in [0.05, 0.1) is 19.4 Å². The van der Waals surface area contributed by atoms with E-state index in [9.17, 15) is 4.79 Å². The zero-order valence-electron chi connectivity index (χ0n) is 16.3. The highest BCUT2D eigenvalue weighted by Gasteiger charge is 2.17. The van der Waals surface area contributed by atoms with Gasteiger partial charge in [-0.05, 0) is 30.9 Å². The van der Waals surface area contributed by atoms with E-state index in [0.717, 1.165) is 44.6 Å². The highest BCUT2D eigenvalue weighted by atomic mass is 127. The summed E-state index contributed by atoms with van der Waals surface area (Å²) in [5.41, 5.74) is 2.36. The Labute approximate surface area is 183 Å². The number of nitrogens with zero attached hydrogens (tertiary/aromatic N) is 4.